The van der Waals surface area contributed by atoms with Crippen LogP contribution in [-0.4, -0.2) is 40.2 Å². The van der Waals surface area contributed by atoms with Crippen molar-refractivity contribution in [2.75, 3.05) is 18.6 Å². The number of amides is 1. The van der Waals surface area contributed by atoms with E-state index in [4.69, 9.17) is 10.8 Å². The van der Waals surface area contributed by atoms with Gasteiger partial charge in [-0.1, -0.05) is 0 Å². The summed E-state index contributed by atoms with van der Waals surface area (Å²) in [7, 11) is 0. The van der Waals surface area contributed by atoms with Crippen LogP contribution < -0.4 is 11.1 Å². The lowest BCUT2D eigenvalue weighted by molar-refractivity contribution is 0.0931. The van der Waals surface area contributed by atoms with Crippen LogP contribution in [0.1, 0.15) is 17.4 Å². The molecule has 16 heavy (non-hydrogen) atoms. The molecule has 5 N–H and O–H groups in total. The number of aliphatic hydroxyl groups is 1. The predicted molar refractivity (Wildman–Crippen MR) is 66.5 cm³/mol. The van der Waals surface area contributed by atoms with Gasteiger partial charge in [-0.05, 0) is 19.2 Å². The summed E-state index contributed by atoms with van der Waals surface area (Å²) < 4.78 is 0. The Morgan fingerprint density at radius 1 is 1.75 bits per heavy atom. The predicted octanol–water partition coefficient (Wildman–Crippen LogP) is 0.439. The van der Waals surface area contributed by atoms with Crippen LogP contribution >= 0.6 is 11.8 Å². The molecule has 0 aliphatic rings. The molecule has 0 bridgehead atoms. The van der Waals surface area contributed by atoms with E-state index >= 15 is 0 Å². The highest BCUT2D eigenvalue weighted by Crippen LogP contribution is 2.11. The number of nitrogens with two attached hydrogens (primary N) is 1. The van der Waals surface area contributed by atoms with Crippen molar-refractivity contribution in [3.05, 3.63) is 18.0 Å². The van der Waals surface area contributed by atoms with Gasteiger partial charge in [0.2, 0.25) is 0 Å². The number of anilines is 1. The fourth-order valence-corrected chi connectivity index (χ4v) is 1.98. The largest absolute Gasteiger partial charge is 0.397 e. The van der Waals surface area contributed by atoms with Crippen molar-refractivity contribution in [1.29, 1.82) is 0 Å². The second-order valence-corrected chi connectivity index (χ2v) is 4.64. The number of aromatic amines is 1. The number of carbonyl (C=O) groups is 1. The number of rotatable bonds is 5. The number of hydrogen-bond acceptors (Lipinski definition) is 4. The fourth-order valence-electron chi connectivity index (χ4n) is 1.36. The van der Waals surface area contributed by atoms with Crippen molar-refractivity contribution in [1.82, 2.24) is 10.3 Å². The molecular weight excluding hydrogens is 226 g/mol. The first kappa shape index (κ1) is 12.9. The van der Waals surface area contributed by atoms with Crippen molar-refractivity contribution < 1.29 is 9.90 Å². The van der Waals surface area contributed by atoms with Crippen LogP contribution in [0, 0.1) is 0 Å². The van der Waals surface area contributed by atoms with Crippen LogP contribution in [0.5, 0.6) is 0 Å². The monoisotopic (exact) mass is 243 g/mol. The van der Waals surface area contributed by atoms with E-state index in [-0.39, 0.29) is 23.8 Å². The Kier molecular flexibility index (Phi) is 4.70. The average molecular weight is 243 g/mol. The number of nitrogen functional groups attached to an aromatic ring is 1. The topological polar surface area (TPSA) is 91.1 Å². The first-order valence-corrected chi connectivity index (χ1v) is 6.25. The summed E-state index contributed by atoms with van der Waals surface area (Å²) in [6.07, 6.45) is 3.47. The van der Waals surface area contributed by atoms with E-state index < -0.39 is 0 Å². The third-order valence-electron chi connectivity index (χ3n) is 2.35. The van der Waals surface area contributed by atoms with E-state index in [9.17, 15) is 4.79 Å². The molecule has 5 nitrogen and oxygen atoms in total. The van der Waals surface area contributed by atoms with Gasteiger partial charge in [0.25, 0.3) is 5.91 Å². The minimum absolute atomic E-state index is 0.00346. The van der Waals surface area contributed by atoms with Gasteiger partial charge in [0.05, 0.1) is 6.61 Å². The summed E-state index contributed by atoms with van der Waals surface area (Å²) in [4.78, 5) is 14.5. The molecule has 0 aliphatic carbocycles. The van der Waals surface area contributed by atoms with E-state index in [1.54, 1.807) is 12.3 Å². The second-order valence-electron chi connectivity index (χ2n) is 3.57. The summed E-state index contributed by atoms with van der Waals surface area (Å²) in [5.41, 5.74) is 6.47. The first-order valence-electron chi connectivity index (χ1n) is 4.97. The molecule has 6 heteroatoms. The molecular formula is C10H17N3O2S. The van der Waals surface area contributed by atoms with E-state index in [0.29, 0.717) is 11.4 Å². The Morgan fingerprint density at radius 2 is 2.44 bits per heavy atom. The molecule has 0 fully saturated rings. The molecule has 90 valence electrons. The summed E-state index contributed by atoms with van der Waals surface area (Å²) in [5, 5.41) is 11.9. The molecule has 0 spiro atoms. The van der Waals surface area contributed by atoms with Crippen molar-refractivity contribution in [3.8, 4) is 0 Å². The highest BCUT2D eigenvalue weighted by atomic mass is 32.2. The van der Waals surface area contributed by atoms with Gasteiger partial charge >= 0.3 is 0 Å². The average Bonchev–Trinajstić information content (AvgIpc) is 2.66. The number of aromatic nitrogens is 1. The molecule has 0 radical (unpaired) electrons. The quantitative estimate of drug-likeness (QED) is 0.604. The van der Waals surface area contributed by atoms with Crippen molar-refractivity contribution in [3.63, 3.8) is 0 Å². The normalized spacial score (nSPS) is 14.4. The first-order chi connectivity index (χ1) is 7.58. The summed E-state index contributed by atoms with van der Waals surface area (Å²) >= 11 is 1.52. The van der Waals surface area contributed by atoms with Gasteiger partial charge in [-0.15, -0.1) is 0 Å². The third kappa shape index (κ3) is 3.18. The van der Waals surface area contributed by atoms with Gasteiger partial charge in [-0.3, -0.25) is 4.79 Å². The smallest absolute Gasteiger partial charge is 0.268 e. The number of thioether (sulfide) groups is 1. The molecule has 1 aromatic rings. The van der Waals surface area contributed by atoms with Crippen molar-refractivity contribution >= 4 is 23.4 Å². The zero-order chi connectivity index (χ0) is 12.1. The Bertz CT molecular complexity index is 350. The second kappa shape index (κ2) is 5.81. The molecule has 0 aliphatic heterocycles. The van der Waals surface area contributed by atoms with Gasteiger partial charge in [-0.2, -0.15) is 11.8 Å². The Labute approximate surface area is 98.8 Å². The number of aliphatic hydroxyl groups excluding tert-OH is 1. The minimum Gasteiger partial charge on any atom is -0.397 e. The molecule has 0 saturated heterocycles. The van der Waals surface area contributed by atoms with Gasteiger partial charge in [0.1, 0.15) is 5.69 Å². The molecule has 1 aromatic heterocycles. The lowest BCUT2D eigenvalue weighted by atomic mass is 10.2. The standard InChI is InChI=1S/C10H17N3O2S/c1-6(9(5-14)16-2)13-10(15)8-3-7(11)4-12-8/h3-4,6,9,12,14H,5,11H2,1-2H3,(H,13,15). The Balaban J connectivity index is 2.57. The van der Waals surface area contributed by atoms with Crippen LogP contribution in [0.3, 0.4) is 0 Å². The third-order valence-corrected chi connectivity index (χ3v) is 3.51. The van der Waals surface area contributed by atoms with E-state index in [1.807, 2.05) is 13.2 Å². The van der Waals surface area contributed by atoms with Crippen LogP contribution in [0.2, 0.25) is 0 Å². The lowest BCUT2D eigenvalue weighted by Crippen LogP contribution is -2.41. The van der Waals surface area contributed by atoms with Crippen LogP contribution in [0.15, 0.2) is 12.3 Å². The molecule has 2 atom stereocenters. The molecule has 1 heterocycles. The maximum atomic E-state index is 11.7. The van der Waals surface area contributed by atoms with Gasteiger partial charge in [0, 0.05) is 23.2 Å². The van der Waals surface area contributed by atoms with E-state index in [1.165, 1.54) is 11.8 Å². The van der Waals surface area contributed by atoms with Crippen molar-refractivity contribution in [2.45, 2.75) is 18.2 Å². The van der Waals surface area contributed by atoms with Crippen LogP contribution in [-0.2, 0) is 0 Å². The maximum Gasteiger partial charge on any atom is 0.268 e. The van der Waals surface area contributed by atoms with Crippen LogP contribution in [0.25, 0.3) is 0 Å². The lowest BCUT2D eigenvalue weighted by Gasteiger charge is -2.20. The number of nitrogens with one attached hydrogen (secondary N) is 2. The Hall–Kier alpha value is -1.14. The van der Waals surface area contributed by atoms with Gasteiger partial charge in [0.15, 0.2) is 0 Å². The number of hydrogen-bond donors (Lipinski definition) is 4. The number of H-pyrrole nitrogens is 1. The summed E-state index contributed by atoms with van der Waals surface area (Å²) in [6.45, 7) is 1.90. The summed E-state index contributed by atoms with van der Waals surface area (Å²) in [6, 6.07) is 1.48. The molecule has 1 rings (SSSR count). The highest BCUT2D eigenvalue weighted by molar-refractivity contribution is 7.99. The molecule has 0 aromatic carbocycles. The van der Waals surface area contributed by atoms with E-state index in [0.717, 1.165) is 0 Å². The summed E-state index contributed by atoms with van der Waals surface area (Å²) in [5.74, 6) is -0.211. The zero-order valence-corrected chi connectivity index (χ0v) is 10.2. The Morgan fingerprint density at radius 3 is 2.88 bits per heavy atom. The van der Waals surface area contributed by atoms with Crippen molar-refractivity contribution in [2.24, 2.45) is 0 Å². The van der Waals surface area contributed by atoms with Gasteiger partial charge < -0.3 is 21.1 Å². The number of carbonyl (C=O) groups excluding carboxylic acids is 1. The SMILES string of the molecule is CSC(CO)C(C)NC(=O)c1cc(N)c[nH]1. The van der Waals surface area contributed by atoms with E-state index in [2.05, 4.69) is 10.3 Å². The van der Waals surface area contributed by atoms with Gasteiger partial charge in [-0.25, -0.2) is 0 Å². The molecule has 2 unspecified atom stereocenters. The van der Waals surface area contributed by atoms with Crippen LogP contribution in [0.4, 0.5) is 5.69 Å². The molecule has 1 amide bonds. The fraction of sp³-hybridized carbons (Fsp3) is 0.500. The maximum absolute atomic E-state index is 11.7. The molecule has 0 saturated carbocycles. The zero-order valence-electron chi connectivity index (χ0n) is 9.36. The minimum atomic E-state index is -0.211. The highest BCUT2D eigenvalue weighted by Gasteiger charge is 2.18.